The van der Waals surface area contributed by atoms with Crippen LogP contribution in [0.1, 0.15) is 80.1 Å². The lowest BCUT2D eigenvalue weighted by Gasteiger charge is -2.05. The van der Waals surface area contributed by atoms with Crippen molar-refractivity contribution in [3.63, 3.8) is 0 Å². The van der Waals surface area contributed by atoms with Gasteiger partial charge < -0.3 is 0 Å². The maximum absolute atomic E-state index is 2.42. The molecule has 0 saturated heterocycles. The summed E-state index contributed by atoms with van der Waals surface area (Å²) in [6, 6.07) is 0. The molecule has 114 valence electrons. The molecule has 0 aliphatic rings. The van der Waals surface area contributed by atoms with Crippen molar-refractivity contribution >= 4 is 0 Å². The van der Waals surface area contributed by atoms with Crippen molar-refractivity contribution in [2.24, 2.45) is 0 Å². The Kier molecular flexibility index (Phi) is 11.1. The quantitative estimate of drug-likeness (QED) is 0.391. The van der Waals surface area contributed by atoms with Crippen LogP contribution in [0.2, 0.25) is 0 Å². The van der Waals surface area contributed by atoms with Crippen LogP contribution in [0.3, 0.4) is 0 Å². The summed E-state index contributed by atoms with van der Waals surface area (Å²) in [7, 11) is 0. The maximum atomic E-state index is 2.42. The van der Waals surface area contributed by atoms with E-state index in [9.17, 15) is 0 Å². The highest BCUT2D eigenvalue weighted by molar-refractivity contribution is 5.07. The molecule has 0 aliphatic carbocycles. The monoisotopic (exact) mass is 274 g/mol. The molecule has 0 nitrogen and oxygen atoms in total. The van der Waals surface area contributed by atoms with Crippen LogP contribution in [0.5, 0.6) is 0 Å². The lowest BCUT2D eigenvalue weighted by Crippen LogP contribution is -1.85. The SMILES string of the molecule is C/C=C(\CCC=C(C)C)CC/C=C(\C)CCC=C(C)C. The molecular formula is C20H34. The average Bonchev–Trinajstić information content (AvgIpc) is 2.36. The first-order valence-corrected chi connectivity index (χ1v) is 8.02. The zero-order chi connectivity index (χ0) is 15.4. The van der Waals surface area contributed by atoms with Gasteiger partial charge in [0, 0.05) is 0 Å². The van der Waals surface area contributed by atoms with Gasteiger partial charge in [-0.05, 0) is 80.1 Å². The van der Waals surface area contributed by atoms with E-state index >= 15 is 0 Å². The minimum absolute atomic E-state index is 1.18. The molecule has 0 radical (unpaired) electrons. The molecule has 0 heterocycles. The number of hydrogen-bond acceptors (Lipinski definition) is 0. The minimum Gasteiger partial charge on any atom is -0.0884 e. The van der Waals surface area contributed by atoms with Crippen molar-refractivity contribution in [2.45, 2.75) is 80.1 Å². The lowest BCUT2D eigenvalue weighted by atomic mass is 10.0. The Bertz CT molecular complexity index is 367. The van der Waals surface area contributed by atoms with E-state index in [0.29, 0.717) is 0 Å². The lowest BCUT2D eigenvalue weighted by molar-refractivity contribution is 0.847. The van der Waals surface area contributed by atoms with E-state index in [4.69, 9.17) is 0 Å². The molecule has 0 rings (SSSR count). The first-order chi connectivity index (χ1) is 9.45. The highest BCUT2D eigenvalue weighted by atomic mass is 14.0. The molecular weight excluding hydrogens is 240 g/mol. The summed E-state index contributed by atoms with van der Waals surface area (Å²) in [6.45, 7) is 13.1. The largest absolute Gasteiger partial charge is 0.0884 e. The van der Waals surface area contributed by atoms with Gasteiger partial charge in [-0.2, -0.15) is 0 Å². The van der Waals surface area contributed by atoms with Gasteiger partial charge in [-0.25, -0.2) is 0 Å². The molecule has 0 spiro atoms. The Balaban J connectivity index is 4.00. The van der Waals surface area contributed by atoms with Crippen molar-refractivity contribution in [2.75, 3.05) is 0 Å². The third kappa shape index (κ3) is 12.0. The van der Waals surface area contributed by atoms with Crippen LogP contribution in [0.25, 0.3) is 0 Å². The third-order valence-corrected chi connectivity index (χ3v) is 3.48. The summed E-state index contributed by atoms with van der Waals surface area (Å²) in [5.74, 6) is 0. The fourth-order valence-electron chi connectivity index (χ4n) is 2.15. The van der Waals surface area contributed by atoms with Crippen LogP contribution in [0.15, 0.2) is 46.6 Å². The van der Waals surface area contributed by atoms with Gasteiger partial charge in [-0.3, -0.25) is 0 Å². The van der Waals surface area contributed by atoms with Crippen LogP contribution >= 0.6 is 0 Å². The van der Waals surface area contributed by atoms with E-state index < -0.39 is 0 Å². The molecule has 20 heavy (non-hydrogen) atoms. The first-order valence-electron chi connectivity index (χ1n) is 8.02. The smallest absolute Gasteiger partial charge is 0.0285 e. The molecule has 0 fully saturated rings. The van der Waals surface area contributed by atoms with Gasteiger partial charge in [-0.1, -0.05) is 46.6 Å². The highest BCUT2D eigenvalue weighted by Crippen LogP contribution is 2.16. The Morgan fingerprint density at radius 2 is 1.10 bits per heavy atom. The van der Waals surface area contributed by atoms with Crippen molar-refractivity contribution in [3.05, 3.63) is 46.6 Å². The normalized spacial score (nSPS) is 12.3. The second-order valence-electron chi connectivity index (χ2n) is 6.18. The second kappa shape index (κ2) is 11.8. The number of hydrogen-bond donors (Lipinski definition) is 0. The Morgan fingerprint density at radius 1 is 0.650 bits per heavy atom. The number of rotatable bonds is 9. The van der Waals surface area contributed by atoms with Crippen LogP contribution in [-0.4, -0.2) is 0 Å². The summed E-state index contributed by atoms with van der Waals surface area (Å²) in [4.78, 5) is 0. The van der Waals surface area contributed by atoms with Crippen LogP contribution < -0.4 is 0 Å². The molecule has 0 bridgehead atoms. The fraction of sp³-hybridized carbons (Fsp3) is 0.600. The molecule has 0 atom stereocenters. The summed E-state index contributed by atoms with van der Waals surface area (Å²) >= 11 is 0. The topological polar surface area (TPSA) is 0 Å². The molecule has 0 aromatic carbocycles. The molecule has 0 N–H and O–H groups in total. The Morgan fingerprint density at radius 3 is 1.55 bits per heavy atom. The molecule has 0 aromatic rings. The molecule has 0 unspecified atom stereocenters. The van der Waals surface area contributed by atoms with Gasteiger partial charge >= 0.3 is 0 Å². The summed E-state index contributed by atoms with van der Waals surface area (Å²) in [6.07, 6.45) is 16.6. The van der Waals surface area contributed by atoms with Gasteiger partial charge in [0.1, 0.15) is 0 Å². The molecule has 0 aliphatic heterocycles. The van der Waals surface area contributed by atoms with Crippen LogP contribution in [0.4, 0.5) is 0 Å². The van der Waals surface area contributed by atoms with Crippen molar-refractivity contribution in [3.8, 4) is 0 Å². The van der Waals surface area contributed by atoms with Gasteiger partial charge in [0.2, 0.25) is 0 Å². The van der Waals surface area contributed by atoms with E-state index in [1.807, 2.05) is 0 Å². The van der Waals surface area contributed by atoms with Crippen molar-refractivity contribution in [1.82, 2.24) is 0 Å². The van der Waals surface area contributed by atoms with Gasteiger partial charge in [0.05, 0.1) is 0 Å². The van der Waals surface area contributed by atoms with E-state index in [0.717, 1.165) is 0 Å². The standard InChI is InChI=1S/C20H34/c1-7-20(15-9-12-18(4)5)16-10-14-19(6)13-8-11-17(2)3/h7,11-12,14H,8-10,13,15-16H2,1-6H3/b19-14+,20-7+. The molecule has 0 heteroatoms. The average molecular weight is 274 g/mol. The van der Waals surface area contributed by atoms with E-state index in [2.05, 4.69) is 65.8 Å². The Hall–Kier alpha value is -1.04. The van der Waals surface area contributed by atoms with Crippen LogP contribution in [-0.2, 0) is 0 Å². The van der Waals surface area contributed by atoms with E-state index in [-0.39, 0.29) is 0 Å². The minimum atomic E-state index is 1.18. The van der Waals surface area contributed by atoms with Crippen molar-refractivity contribution in [1.29, 1.82) is 0 Å². The maximum Gasteiger partial charge on any atom is -0.0285 e. The molecule has 0 saturated carbocycles. The van der Waals surface area contributed by atoms with Gasteiger partial charge in [-0.15, -0.1) is 0 Å². The first kappa shape index (κ1) is 19.0. The summed E-state index contributed by atoms with van der Waals surface area (Å²) < 4.78 is 0. The van der Waals surface area contributed by atoms with Crippen molar-refractivity contribution < 1.29 is 0 Å². The predicted octanol–water partition coefficient (Wildman–Crippen LogP) is 7.15. The number of allylic oxidation sites excluding steroid dienone is 8. The van der Waals surface area contributed by atoms with E-state index in [1.54, 1.807) is 5.57 Å². The summed E-state index contributed by atoms with van der Waals surface area (Å²) in [5.41, 5.74) is 5.97. The Labute approximate surface area is 127 Å². The highest BCUT2D eigenvalue weighted by Gasteiger charge is 1.96. The molecule has 0 amide bonds. The summed E-state index contributed by atoms with van der Waals surface area (Å²) in [5, 5.41) is 0. The van der Waals surface area contributed by atoms with Crippen LogP contribution in [0, 0.1) is 0 Å². The zero-order valence-electron chi connectivity index (χ0n) is 14.6. The fourth-order valence-corrected chi connectivity index (χ4v) is 2.15. The predicted molar refractivity (Wildman–Crippen MR) is 94.1 cm³/mol. The van der Waals surface area contributed by atoms with Gasteiger partial charge in [0.25, 0.3) is 0 Å². The third-order valence-electron chi connectivity index (χ3n) is 3.48. The second-order valence-corrected chi connectivity index (χ2v) is 6.18. The van der Waals surface area contributed by atoms with E-state index in [1.165, 1.54) is 55.2 Å². The molecule has 0 aromatic heterocycles. The zero-order valence-corrected chi connectivity index (χ0v) is 14.6. The van der Waals surface area contributed by atoms with Gasteiger partial charge in [0.15, 0.2) is 0 Å².